The number of nitrogens with one attached hydrogen (secondary N) is 1. The molecule has 2 aliphatic rings. The van der Waals surface area contributed by atoms with Gasteiger partial charge in [0.25, 0.3) is 0 Å². The van der Waals surface area contributed by atoms with E-state index in [-0.39, 0.29) is 11.8 Å². The smallest absolute Gasteiger partial charge is 0.224 e. The fraction of sp³-hybridized carbons (Fsp3) is 0.522. The van der Waals surface area contributed by atoms with E-state index in [9.17, 15) is 4.79 Å². The zero-order valence-corrected chi connectivity index (χ0v) is 16.6. The molecule has 0 saturated carbocycles. The number of ether oxygens (including phenoxy) is 1. The minimum atomic E-state index is 0.105. The number of piperidine rings is 1. The summed E-state index contributed by atoms with van der Waals surface area (Å²) in [6.45, 7) is 8.04. The maximum atomic E-state index is 12.7. The van der Waals surface area contributed by atoms with Crippen molar-refractivity contribution in [1.82, 2.24) is 15.1 Å². The number of benzene rings is 2. The van der Waals surface area contributed by atoms with Crippen molar-refractivity contribution < 1.29 is 9.53 Å². The summed E-state index contributed by atoms with van der Waals surface area (Å²) in [6, 6.07) is 15.1. The number of hydrogen-bond acceptors (Lipinski definition) is 4. The number of rotatable bonds is 6. The van der Waals surface area contributed by atoms with E-state index in [0.717, 1.165) is 71.9 Å². The Bertz CT molecular complexity index is 783. The predicted molar refractivity (Wildman–Crippen MR) is 112 cm³/mol. The van der Waals surface area contributed by atoms with E-state index in [1.54, 1.807) is 0 Å². The van der Waals surface area contributed by atoms with Gasteiger partial charge in [-0.25, -0.2) is 0 Å². The molecule has 0 bridgehead atoms. The van der Waals surface area contributed by atoms with Gasteiger partial charge in [-0.05, 0) is 35.7 Å². The van der Waals surface area contributed by atoms with Crippen LogP contribution >= 0.6 is 0 Å². The van der Waals surface area contributed by atoms with Gasteiger partial charge in [0, 0.05) is 39.3 Å². The Kier molecular flexibility index (Phi) is 6.57. The van der Waals surface area contributed by atoms with E-state index in [0.29, 0.717) is 0 Å². The number of carbonyl (C=O) groups excluding carboxylic acids is 1. The van der Waals surface area contributed by atoms with Gasteiger partial charge in [0.15, 0.2) is 0 Å². The fourth-order valence-electron chi connectivity index (χ4n) is 4.39. The number of nitrogens with zero attached hydrogens (tertiary/aromatic N) is 2. The van der Waals surface area contributed by atoms with Gasteiger partial charge in [-0.2, -0.15) is 0 Å². The highest BCUT2D eigenvalue weighted by Crippen LogP contribution is 2.23. The zero-order chi connectivity index (χ0) is 19.2. The standard InChI is InChI=1S/C23H31N3O2/c27-23(24-10-12-25-13-15-28-16-14-25)21-8-4-11-26(18-21)17-20-7-3-6-19-5-1-2-9-22(19)20/h1-3,5-7,9,21H,4,8,10-18H2,(H,24,27). The van der Waals surface area contributed by atoms with E-state index in [2.05, 4.69) is 57.6 Å². The number of fused-ring (bicyclic) bond motifs is 1. The van der Waals surface area contributed by atoms with Crippen LogP contribution in [0.1, 0.15) is 18.4 Å². The molecule has 2 aromatic rings. The second-order valence-electron chi connectivity index (χ2n) is 7.96. The van der Waals surface area contributed by atoms with Crippen molar-refractivity contribution in [2.24, 2.45) is 5.92 Å². The summed E-state index contributed by atoms with van der Waals surface area (Å²) in [6.07, 6.45) is 2.09. The molecule has 0 radical (unpaired) electrons. The van der Waals surface area contributed by atoms with Crippen LogP contribution in [0.2, 0.25) is 0 Å². The predicted octanol–water partition coefficient (Wildman–Crippen LogP) is 2.50. The van der Waals surface area contributed by atoms with Gasteiger partial charge in [-0.3, -0.25) is 14.6 Å². The molecule has 5 heteroatoms. The van der Waals surface area contributed by atoms with E-state index < -0.39 is 0 Å². The maximum Gasteiger partial charge on any atom is 0.224 e. The van der Waals surface area contributed by atoms with Crippen LogP contribution in [0.5, 0.6) is 0 Å². The molecule has 0 aromatic heterocycles. The summed E-state index contributed by atoms with van der Waals surface area (Å²) in [5, 5.41) is 5.77. The largest absolute Gasteiger partial charge is 0.379 e. The van der Waals surface area contributed by atoms with E-state index in [1.165, 1.54) is 16.3 Å². The Morgan fingerprint density at radius 3 is 2.75 bits per heavy atom. The first kappa shape index (κ1) is 19.4. The number of morpholine rings is 1. The molecule has 1 N–H and O–H groups in total. The van der Waals surface area contributed by atoms with Crippen LogP contribution in [-0.2, 0) is 16.1 Å². The lowest BCUT2D eigenvalue weighted by atomic mass is 9.96. The van der Waals surface area contributed by atoms with Gasteiger partial charge in [-0.1, -0.05) is 42.5 Å². The highest BCUT2D eigenvalue weighted by molar-refractivity contribution is 5.85. The summed E-state index contributed by atoms with van der Waals surface area (Å²) < 4.78 is 5.38. The van der Waals surface area contributed by atoms with Crippen molar-refractivity contribution in [3.05, 3.63) is 48.0 Å². The second-order valence-corrected chi connectivity index (χ2v) is 7.96. The Balaban J connectivity index is 1.29. The molecule has 0 spiro atoms. The lowest BCUT2D eigenvalue weighted by Gasteiger charge is -2.32. The lowest BCUT2D eigenvalue weighted by Crippen LogP contribution is -2.45. The Morgan fingerprint density at radius 2 is 1.86 bits per heavy atom. The summed E-state index contributed by atoms with van der Waals surface area (Å²) in [5.41, 5.74) is 1.35. The molecule has 5 nitrogen and oxygen atoms in total. The molecule has 150 valence electrons. The van der Waals surface area contributed by atoms with Gasteiger partial charge >= 0.3 is 0 Å². The molecule has 4 rings (SSSR count). The lowest BCUT2D eigenvalue weighted by molar-refractivity contribution is -0.126. The van der Waals surface area contributed by atoms with Crippen molar-refractivity contribution >= 4 is 16.7 Å². The van der Waals surface area contributed by atoms with Crippen LogP contribution in [0.3, 0.4) is 0 Å². The Labute approximate surface area is 167 Å². The second kappa shape index (κ2) is 9.50. The van der Waals surface area contributed by atoms with Crippen molar-refractivity contribution in [1.29, 1.82) is 0 Å². The van der Waals surface area contributed by atoms with Gasteiger partial charge in [0.1, 0.15) is 0 Å². The monoisotopic (exact) mass is 381 g/mol. The third-order valence-corrected chi connectivity index (χ3v) is 5.98. The van der Waals surface area contributed by atoms with E-state index in [1.807, 2.05) is 0 Å². The zero-order valence-electron chi connectivity index (χ0n) is 16.6. The molecule has 2 fully saturated rings. The van der Waals surface area contributed by atoms with Crippen LogP contribution < -0.4 is 5.32 Å². The number of amides is 1. The van der Waals surface area contributed by atoms with Crippen molar-refractivity contribution in [2.75, 3.05) is 52.5 Å². The third kappa shape index (κ3) is 4.90. The van der Waals surface area contributed by atoms with Gasteiger partial charge in [0.05, 0.1) is 19.1 Å². The third-order valence-electron chi connectivity index (χ3n) is 5.98. The minimum Gasteiger partial charge on any atom is -0.379 e. The highest BCUT2D eigenvalue weighted by atomic mass is 16.5. The van der Waals surface area contributed by atoms with Crippen LogP contribution in [0.25, 0.3) is 10.8 Å². The van der Waals surface area contributed by atoms with Crippen LogP contribution in [0.4, 0.5) is 0 Å². The van der Waals surface area contributed by atoms with Crippen molar-refractivity contribution in [3.63, 3.8) is 0 Å². The van der Waals surface area contributed by atoms with Gasteiger partial charge in [0.2, 0.25) is 5.91 Å². The minimum absolute atomic E-state index is 0.105. The fourth-order valence-corrected chi connectivity index (χ4v) is 4.39. The molecule has 0 aliphatic carbocycles. The first-order valence-electron chi connectivity index (χ1n) is 10.6. The molecular formula is C23H31N3O2. The molecular weight excluding hydrogens is 350 g/mol. The van der Waals surface area contributed by atoms with Crippen LogP contribution in [0.15, 0.2) is 42.5 Å². The number of likely N-dealkylation sites (tertiary alicyclic amines) is 1. The van der Waals surface area contributed by atoms with Crippen molar-refractivity contribution in [3.8, 4) is 0 Å². The Morgan fingerprint density at radius 1 is 1.04 bits per heavy atom. The average Bonchev–Trinajstić information content (AvgIpc) is 2.75. The molecule has 2 aromatic carbocycles. The maximum absolute atomic E-state index is 12.7. The average molecular weight is 382 g/mol. The molecule has 1 atom stereocenters. The highest BCUT2D eigenvalue weighted by Gasteiger charge is 2.26. The normalized spacial score (nSPS) is 21.6. The van der Waals surface area contributed by atoms with Crippen LogP contribution in [-0.4, -0.2) is 68.2 Å². The van der Waals surface area contributed by atoms with E-state index in [4.69, 9.17) is 4.74 Å². The summed E-state index contributed by atoms with van der Waals surface area (Å²) in [7, 11) is 0. The molecule has 28 heavy (non-hydrogen) atoms. The van der Waals surface area contributed by atoms with Crippen molar-refractivity contribution in [2.45, 2.75) is 19.4 Å². The summed E-state index contributed by atoms with van der Waals surface area (Å²) in [4.78, 5) is 17.5. The molecule has 2 aliphatic heterocycles. The SMILES string of the molecule is O=C(NCCN1CCOCC1)C1CCCN(Cc2cccc3ccccc23)C1. The number of hydrogen-bond donors (Lipinski definition) is 1. The quantitative estimate of drug-likeness (QED) is 0.835. The molecule has 2 heterocycles. The van der Waals surface area contributed by atoms with Gasteiger partial charge < -0.3 is 10.1 Å². The van der Waals surface area contributed by atoms with E-state index >= 15 is 0 Å². The first-order valence-corrected chi connectivity index (χ1v) is 10.6. The van der Waals surface area contributed by atoms with Gasteiger partial charge in [-0.15, -0.1) is 0 Å². The molecule has 1 amide bonds. The molecule has 1 unspecified atom stereocenters. The molecule has 2 saturated heterocycles. The summed E-state index contributed by atoms with van der Waals surface area (Å²) >= 11 is 0. The van der Waals surface area contributed by atoms with Crippen LogP contribution in [0, 0.1) is 5.92 Å². The number of carbonyl (C=O) groups is 1. The Hall–Kier alpha value is -1.95. The first-order chi connectivity index (χ1) is 13.8. The topological polar surface area (TPSA) is 44.8 Å². The summed E-state index contributed by atoms with van der Waals surface area (Å²) in [5.74, 6) is 0.323.